The topological polar surface area (TPSA) is 76.0 Å². The molecule has 0 fully saturated rings. The third-order valence-electron chi connectivity index (χ3n) is 2.84. The van der Waals surface area contributed by atoms with Crippen molar-refractivity contribution in [2.45, 2.75) is 12.1 Å². The normalized spacial score (nSPS) is 10.3. The summed E-state index contributed by atoms with van der Waals surface area (Å²) in [7, 11) is 1.93. The molecular formula is C15H18N4O2S. The molecule has 0 bridgehead atoms. The quantitative estimate of drug-likeness (QED) is 0.630. The number of imidazole rings is 1. The molecule has 0 saturated heterocycles. The van der Waals surface area contributed by atoms with Gasteiger partial charge in [0.2, 0.25) is 5.91 Å². The van der Waals surface area contributed by atoms with Gasteiger partial charge in [-0.1, -0.05) is 17.8 Å². The zero-order valence-corrected chi connectivity index (χ0v) is 13.3. The number of nitrogens with one attached hydrogen (secondary N) is 2. The van der Waals surface area contributed by atoms with Gasteiger partial charge in [0.15, 0.2) is 5.16 Å². The largest absolute Gasteiger partial charge is 0.351 e. The van der Waals surface area contributed by atoms with E-state index < -0.39 is 0 Å². The summed E-state index contributed by atoms with van der Waals surface area (Å²) in [5.74, 6) is 0.416. The van der Waals surface area contributed by atoms with Crippen LogP contribution >= 0.6 is 11.8 Å². The number of hydrogen-bond acceptors (Lipinski definition) is 4. The zero-order chi connectivity index (χ0) is 15.9. The highest BCUT2D eigenvalue weighted by atomic mass is 32.2. The summed E-state index contributed by atoms with van der Waals surface area (Å²) in [6.07, 6.45) is 3.63. The van der Waals surface area contributed by atoms with Gasteiger partial charge >= 0.3 is 0 Å². The van der Waals surface area contributed by atoms with Crippen LogP contribution in [-0.2, 0) is 11.8 Å². The third-order valence-corrected chi connectivity index (χ3v) is 3.90. The SMILES string of the molecule is CC(=O)Nc1cccc(C(=O)NCCSc2nccn2C)c1. The number of carbonyl (C=O) groups excluding carboxylic acids is 2. The Hall–Kier alpha value is -2.28. The van der Waals surface area contributed by atoms with Crippen LogP contribution in [0.4, 0.5) is 5.69 Å². The highest BCUT2D eigenvalue weighted by Crippen LogP contribution is 2.13. The molecule has 1 aromatic carbocycles. The van der Waals surface area contributed by atoms with E-state index in [0.717, 1.165) is 10.9 Å². The Balaban J connectivity index is 1.82. The molecule has 2 aromatic rings. The molecule has 22 heavy (non-hydrogen) atoms. The lowest BCUT2D eigenvalue weighted by Gasteiger charge is -2.07. The smallest absolute Gasteiger partial charge is 0.251 e. The summed E-state index contributed by atoms with van der Waals surface area (Å²) in [6.45, 7) is 1.97. The van der Waals surface area contributed by atoms with Gasteiger partial charge < -0.3 is 15.2 Å². The second kappa shape index (κ2) is 7.65. The lowest BCUT2D eigenvalue weighted by molar-refractivity contribution is -0.114. The van der Waals surface area contributed by atoms with Crippen molar-refractivity contribution in [3.05, 3.63) is 42.2 Å². The van der Waals surface area contributed by atoms with Gasteiger partial charge in [-0.05, 0) is 18.2 Å². The van der Waals surface area contributed by atoms with Crippen LogP contribution in [0, 0.1) is 0 Å². The molecule has 1 aromatic heterocycles. The highest BCUT2D eigenvalue weighted by molar-refractivity contribution is 7.99. The van der Waals surface area contributed by atoms with E-state index in [9.17, 15) is 9.59 Å². The molecule has 2 amide bonds. The molecule has 6 nitrogen and oxygen atoms in total. The fourth-order valence-electron chi connectivity index (χ4n) is 1.84. The Labute approximate surface area is 133 Å². The average molecular weight is 318 g/mol. The van der Waals surface area contributed by atoms with Crippen LogP contribution in [0.2, 0.25) is 0 Å². The van der Waals surface area contributed by atoms with Crippen molar-refractivity contribution in [2.75, 3.05) is 17.6 Å². The van der Waals surface area contributed by atoms with Crippen LogP contribution < -0.4 is 10.6 Å². The molecule has 0 unspecified atom stereocenters. The van der Waals surface area contributed by atoms with E-state index >= 15 is 0 Å². The first-order valence-corrected chi connectivity index (χ1v) is 7.81. The van der Waals surface area contributed by atoms with Crippen molar-refractivity contribution in [3.8, 4) is 0 Å². The van der Waals surface area contributed by atoms with E-state index in [1.54, 1.807) is 42.2 Å². The fraction of sp³-hybridized carbons (Fsp3) is 0.267. The number of thioether (sulfide) groups is 1. The monoisotopic (exact) mass is 318 g/mol. The number of carbonyl (C=O) groups is 2. The van der Waals surface area contributed by atoms with Gasteiger partial charge in [-0.15, -0.1) is 0 Å². The van der Waals surface area contributed by atoms with Crippen molar-refractivity contribution in [3.63, 3.8) is 0 Å². The number of aryl methyl sites for hydroxylation is 1. The molecule has 0 aliphatic rings. The first kappa shape index (κ1) is 16.1. The molecule has 0 aliphatic carbocycles. The minimum Gasteiger partial charge on any atom is -0.351 e. The molecule has 0 aliphatic heterocycles. The second-order valence-electron chi connectivity index (χ2n) is 4.69. The first-order valence-electron chi connectivity index (χ1n) is 6.82. The number of benzene rings is 1. The summed E-state index contributed by atoms with van der Waals surface area (Å²) >= 11 is 1.58. The minimum atomic E-state index is -0.163. The van der Waals surface area contributed by atoms with E-state index in [2.05, 4.69) is 15.6 Å². The van der Waals surface area contributed by atoms with Crippen molar-refractivity contribution >= 4 is 29.3 Å². The number of anilines is 1. The van der Waals surface area contributed by atoms with Crippen LogP contribution in [0.25, 0.3) is 0 Å². The van der Waals surface area contributed by atoms with Crippen molar-refractivity contribution in [1.82, 2.24) is 14.9 Å². The Morgan fingerprint density at radius 1 is 1.36 bits per heavy atom. The fourth-order valence-corrected chi connectivity index (χ4v) is 2.63. The van der Waals surface area contributed by atoms with Crippen LogP contribution in [0.5, 0.6) is 0 Å². The standard InChI is InChI=1S/C15H18N4O2S/c1-11(20)18-13-5-3-4-12(10-13)14(21)16-7-9-22-15-17-6-8-19(15)2/h3-6,8,10H,7,9H2,1-2H3,(H,16,21)(H,18,20). The number of hydrogen-bond donors (Lipinski definition) is 2. The van der Waals surface area contributed by atoms with Gasteiger partial charge in [0.25, 0.3) is 5.91 Å². The molecule has 7 heteroatoms. The van der Waals surface area contributed by atoms with E-state index in [4.69, 9.17) is 0 Å². The van der Waals surface area contributed by atoms with Gasteiger partial charge in [0.05, 0.1) is 0 Å². The maximum absolute atomic E-state index is 12.1. The molecule has 0 saturated carbocycles. The highest BCUT2D eigenvalue weighted by Gasteiger charge is 2.07. The molecule has 0 radical (unpaired) electrons. The Bertz CT molecular complexity index is 669. The summed E-state index contributed by atoms with van der Waals surface area (Å²) in [5, 5.41) is 6.43. The molecule has 1 heterocycles. The molecule has 0 atom stereocenters. The van der Waals surface area contributed by atoms with Gasteiger partial charge in [-0.2, -0.15) is 0 Å². The maximum atomic E-state index is 12.1. The minimum absolute atomic E-state index is 0.160. The maximum Gasteiger partial charge on any atom is 0.251 e. The summed E-state index contributed by atoms with van der Waals surface area (Å²) < 4.78 is 1.93. The second-order valence-corrected chi connectivity index (χ2v) is 5.75. The van der Waals surface area contributed by atoms with E-state index in [1.807, 2.05) is 17.8 Å². The van der Waals surface area contributed by atoms with Crippen LogP contribution in [0.15, 0.2) is 41.8 Å². The third kappa shape index (κ3) is 4.63. The van der Waals surface area contributed by atoms with Crippen LogP contribution in [0.1, 0.15) is 17.3 Å². The van der Waals surface area contributed by atoms with E-state index in [-0.39, 0.29) is 11.8 Å². The Morgan fingerprint density at radius 3 is 2.86 bits per heavy atom. The summed E-state index contributed by atoms with van der Waals surface area (Å²) in [4.78, 5) is 27.3. The summed E-state index contributed by atoms with van der Waals surface area (Å²) in [5.41, 5.74) is 1.13. The van der Waals surface area contributed by atoms with Crippen LogP contribution in [0.3, 0.4) is 0 Å². The summed E-state index contributed by atoms with van der Waals surface area (Å²) in [6, 6.07) is 6.85. The van der Waals surface area contributed by atoms with Gasteiger partial charge in [0.1, 0.15) is 0 Å². The van der Waals surface area contributed by atoms with Crippen molar-refractivity contribution in [2.24, 2.45) is 7.05 Å². The number of rotatable bonds is 6. The average Bonchev–Trinajstić information content (AvgIpc) is 2.88. The lowest BCUT2D eigenvalue weighted by atomic mass is 10.2. The van der Waals surface area contributed by atoms with Crippen LogP contribution in [-0.4, -0.2) is 33.7 Å². The molecular weight excluding hydrogens is 300 g/mol. The molecule has 2 N–H and O–H groups in total. The number of nitrogens with zero attached hydrogens (tertiary/aromatic N) is 2. The number of aromatic nitrogens is 2. The molecule has 0 spiro atoms. The molecule has 2 rings (SSSR count). The van der Waals surface area contributed by atoms with Crippen molar-refractivity contribution < 1.29 is 9.59 Å². The predicted octanol–water partition coefficient (Wildman–Crippen LogP) is 1.90. The Kier molecular flexibility index (Phi) is 5.60. The van der Waals surface area contributed by atoms with Gasteiger partial charge in [-0.25, -0.2) is 4.98 Å². The van der Waals surface area contributed by atoms with Gasteiger partial charge in [-0.3, -0.25) is 9.59 Å². The number of amides is 2. The predicted molar refractivity (Wildman–Crippen MR) is 87.0 cm³/mol. The zero-order valence-electron chi connectivity index (χ0n) is 12.5. The molecule has 116 valence electrons. The lowest BCUT2D eigenvalue weighted by Crippen LogP contribution is -2.25. The first-order chi connectivity index (χ1) is 10.6. The van der Waals surface area contributed by atoms with E-state index in [1.165, 1.54) is 6.92 Å². The van der Waals surface area contributed by atoms with E-state index in [0.29, 0.717) is 17.8 Å². The Morgan fingerprint density at radius 2 is 2.18 bits per heavy atom. The van der Waals surface area contributed by atoms with Gasteiger partial charge in [0, 0.05) is 49.9 Å². The van der Waals surface area contributed by atoms with Crippen molar-refractivity contribution in [1.29, 1.82) is 0 Å².